The first-order chi connectivity index (χ1) is 9.76. The van der Waals surface area contributed by atoms with Crippen LogP contribution in [0.25, 0.3) is 11.3 Å². The van der Waals surface area contributed by atoms with Crippen molar-refractivity contribution in [3.8, 4) is 11.3 Å². The van der Waals surface area contributed by atoms with Gasteiger partial charge in [0, 0.05) is 31.0 Å². The summed E-state index contributed by atoms with van der Waals surface area (Å²) in [6.07, 6.45) is 6.73. The highest BCUT2D eigenvalue weighted by Gasteiger charge is 2.13. The fourth-order valence-corrected chi connectivity index (χ4v) is 2.31. The molecule has 2 heterocycles. The summed E-state index contributed by atoms with van der Waals surface area (Å²) in [5.74, 6) is -0.336. The first-order valence-corrected chi connectivity index (χ1v) is 7.07. The molecule has 0 spiro atoms. The van der Waals surface area contributed by atoms with E-state index >= 15 is 0 Å². The second-order valence-corrected chi connectivity index (χ2v) is 4.75. The van der Waals surface area contributed by atoms with E-state index in [0.717, 1.165) is 42.9 Å². The van der Waals surface area contributed by atoms with Crippen molar-refractivity contribution in [2.75, 3.05) is 18.0 Å². The minimum atomic E-state index is -0.336. The van der Waals surface area contributed by atoms with Gasteiger partial charge in [0.05, 0.1) is 17.6 Å². The zero-order valence-corrected chi connectivity index (χ0v) is 12.0. The van der Waals surface area contributed by atoms with E-state index in [4.69, 9.17) is 0 Å². The maximum atomic E-state index is 13.4. The van der Waals surface area contributed by atoms with Gasteiger partial charge < -0.3 is 4.90 Å². The summed E-state index contributed by atoms with van der Waals surface area (Å²) in [7, 11) is 0. The average molecular weight is 273 g/mol. The van der Waals surface area contributed by atoms with Crippen LogP contribution in [0.3, 0.4) is 0 Å². The third kappa shape index (κ3) is 3.32. The highest BCUT2D eigenvalue weighted by atomic mass is 19.1. The van der Waals surface area contributed by atoms with Crippen molar-refractivity contribution in [3.63, 3.8) is 0 Å². The van der Waals surface area contributed by atoms with Crippen LogP contribution in [0.15, 0.2) is 36.8 Å². The first-order valence-electron chi connectivity index (χ1n) is 7.07. The lowest BCUT2D eigenvalue weighted by Crippen LogP contribution is -2.25. The number of aromatic nitrogens is 2. The molecule has 0 aromatic carbocycles. The lowest BCUT2D eigenvalue weighted by molar-refractivity contribution is 0.622. The van der Waals surface area contributed by atoms with Crippen LogP contribution in [-0.4, -0.2) is 23.1 Å². The van der Waals surface area contributed by atoms with Crippen LogP contribution in [0.2, 0.25) is 0 Å². The van der Waals surface area contributed by atoms with E-state index in [1.807, 2.05) is 12.1 Å². The molecule has 2 aromatic rings. The zero-order chi connectivity index (χ0) is 14.4. The fourth-order valence-electron chi connectivity index (χ4n) is 2.31. The number of pyridine rings is 2. The van der Waals surface area contributed by atoms with E-state index in [1.165, 1.54) is 12.3 Å². The topological polar surface area (TPSA) is 29.0 Å². The average Bonchev–Trinajstić information content (AvgIpc) is 2.47. The van der Waals surface area contributed by atoms with Crippen LogP contribution in [-0.2, 0) is 0 Å². The predicted molar refractivity (Wildman–Crippen MR) is 80.2 cm³/mol. The molecule has 20 heavy (non-hydrogen) atoms. The molecular formula is C16H20FN3. The summed E-state index contributed by atoms with van der Waals surface area (Å²) in [6, 6.07) is 5.44. The van der Waals surface area contributed by atoms with Crippen molar-refractivity contribution in [1.29, 1.82) is 0 Å². The molecule has 0 amide bonds. The smallest absolute Gasteiger partial charge is 0.142 e. The van der Waals surface area contributed by atoms with E-state index in [2.05, 4.69) is 28.7 Å². The van der Waals surface area contributed by atoms with E-state index in [-0.39, 0.29) is 5.82 Å². The Hall–Kier alpha value is -1.97. The first kappa shape index (κ1) is 14.4. The maximum Gasteiger partial charge on any atom is 0.142 e. The monoisotopic (exact) mass is 273 g/mol. The molecule has 4 heteroatoms. The van der Waals surface area contributed by atoms with Crippen molar-refractivity contribution < 1.29 is 4.39 Å². The number of hydrogen-bond acceptors (Lipinski definition) is 3. The molecule has 2 aromatic heterocycles. The molecule has 0 fully saturated rings. The second-order valence-electron chi connectivity index (χ2n) is 4.75. The van der Waals surface area contributed by atoms with Gasteiger partial charge in [-0.1, -0.05) is 13.8 Å². The van der Waals surface area contributed by atoms with E-state index in [0.29, 0.717) is 0 Å². The van der Waals surface area contributed by atoms with Gasteiger partial charge in [-0.3, -0.25) is 9.97 Å². The standard InChI is InChI=1S/C16H20FN3/c1-3-8-20(9-4-2)15-6-5-7-19-16(15)13-10-14(17)12-18-11-13/h5-7,10-12H,3-4,8-9H2,1-2H3. The Labute approximate surface area is 119 Å². The predicted octanol–water partition coefficient (Wildman–Crippen LogP) is 3.91. The Morgan fingerprint density at radius 2 is 1.90 bits per heavy atom. The molecule has 0 aliphatic carbocycles. The Balaban J connectivity index is 2.43. The fraction of sp³-hybridized carbons (Fsp3) is 0.375. The summed E-state index contributed by atoms with van der Waals surface area (Å²) in [4.78, 5) is 10.6. The molecule has 0 bridgehead atoms. The van der Waals surface area contributed by atoms with Crippen molar-refractivity contribution >= 4 is 5.69 Å². The van der Waals surface area contributed by atoms with Crippen LogP contribution >= 0.6 is 0 Å². The largest absolute Gasteiger partial charge is 0.370 e. The van der Waals surface area contributed by atoms with Crippen molar-refractivity contribution in [2.24, 2.45) is 0 Å². The molecule has 0 atom stereocenters. The minimum absolute atomic E-state index is 0.336. The SMILES string of the molecule is CCCN(CCC)c1cccnc1-c1cncc(F)c1. The van der Waals surface area contributed by atoms with Crippen LogP contribution in [0.4, 0.5) is 10.1 Å². The second kappa shape index (κ2) is 6.98. The van der Waals surface area contributed by atoms with Crippen LogP contribution in [0, 0.1) is 5.82 Å². The zero-order valence-electron chi connectivity index (χ0n) is 12.0. The van der Waals surface area contributed by atoms with Crippen molar-refractivity contribution in [2.45, 2.75) is 26.7 Å². The molecule has 0 saturated heterocycles. The van der Waals surface area contributed by atoms with Gasteiger partial charge in [-0.05, 0) is 31.0 Å². The normalized spacial score (nSPS) is 10.6. The molecule has 0 N–H and O–H groups in total. The summed E-state index contributed by atoms with van der Waals surface area (Å²) in [6.45, 7) is 6.25. The van der Waals surface area contributed by atoms with Gasteiger partial charge in [0.15, 0.2) is 0 Å². The Kier molecular flexibility index (Phi) is 5.04. The molecule has 0 saturated carbocycles. The van der Waals surface area contributed by atoms with Gasteiger partial charge in [-0.25, -0.2) is 4.39 Å². The van der Waals surface area contributed by atoms with Crippen LogP contribution in [0.1, 0.15) is 26.7 Å². The third-order valence-corrected chi connectivity index (χ3v) is 3.09. The Bertz CT molecular complexity index is 551. The third-order valence-electron chi connectivity index (χ3n) is 3.09. The van der Waals surface area contributed by atoms with Gasteiger partial charge in [0.1, 0.15) is 5.82 Å². The molecule has 0 unspecified atom stereocenters. The van der Waals surface area contributed by atoms with Crippen LogP contribution < -0.4 is 4.90 Å². The highest BCUT2D eigenvalue weighted by molar-refractivity contribution is 5.74. The number of hydrogen-bond donors (Lipinski definition) is 0. The van der Waals surface area contributed by atoms with E-state index in [1.54, 1.807) is 12.4 Å². The Morgan fingerprint density at radius 1 is 1.15 bits per heavy atom. The molecular weight excluding hydrogens is 253 g/mol. The number of anilines is 1. The van der Waals surface area contributed by atoms with Gasteiger partial charge >= 0.3 is 0 Å². The molecule has 0 aliphatic rings. The minimum Gasteiger partial charge on any atom is -0.370 e. The Morgan fingerprint density at radius 3 is 2.55 bits per heavy atom. The van der Waals surface area contributed by atoms with Crippen molar-refractivity contribution in [3.05, 3.63) is 42.6 Å². The van der Waals surface area contributed by atoms with Gasteiger partial charge in [-0.2, -0.15) is 0 Å². The number of rotatable bonds is 6. The van der Waals surface area contributed by atoms with Gasteiger partial charge in [0.2, 0.25) is 0 Å². The number of halogens is 1. The van der Waals surface area contributed by atoms with E-state index < -0.39 is 0 Å². The highest BCUT2D eigenvalue weighted by Crippen LogP contribution is 2.28. The molecule has 3 nitrogen and oxygen atoms in total. The lowest BCUT2D eigenvalue weighted by Gasteiger charge is -2.25. The van der Waals surface area contributed by atoms with Gasteiger partial charge in [-0.15, -0.1) is 0 Å². The molecule has 2 rings (SSSR count). The molecule has 106 valence electrons. The molecule has 0 radical (unpaired) electrons. The maximum absolute atomic E-state index is 13.4. The van der Waals surface area contributed by atoms with E-state index in [9.17, 15) is 4.39 Å². The quantitative estimate of drug-likeness (QED) is 0.799. The van der Waals surface area contributed by atoms with Crippen molar-refractivity contribution in [1.82, 2.24) is 9.97 Å². The lowest BCUT2D eigenvalue weighted by atomic mass is 10.1. The summed E-state index contributed by atoms with van der Waals surface area (Å²) < 4.78 is 13.4. The summed E-state index contributed by atoms with van der Waals surface area (Å²) in [5.41, 5.74) is 2.56. The number of nitrogens with zero attached hydrogens (tertiary/aromatic N) is 3. The molecule has 0 aliphatic heterocycles. The summed E-state index contributed by atoms with van der Waals surface area (Å²) >= 11 is 0. The summed E-state index contributed by atoms with van der Waals surface area (Å²) in [5, 5.41) is 0. The van der Waals surface area contributed by atoms with Crippen LogP contribution in [0.5, 0.6) is 0 Å². The van der Waals surface area contributed by atoms with Gasteiger partial charge in [0.25, 0.3) is 0 Å².